The highest BCUT2D eigenvalue weighted by Gasteiger charge is 2.27. The fraction of sp³-hybridized carbons (Fsp3) is 0.538. The summed E-state index contributed by atoms with van der Waals surface area (Å²) in [4.78, 5) is 1.31. The quantitative estimate of drug-likeness (QED) is 0.862. The van der Waals surface area contributed by atoms with Crippen molar-refractivity contribution >= 4 is 10.0 Å². The Morgan fingerprint density at radius 3 is 2.52 bits per heavy atom. The number of aliphatic hydroxyl groups is 1. The molecule has 0 saturated carbocycles. The highest BCUT2D eigenvalue weighted by molar-refractivity contribution is 7.89. The van der Waals surface area contributed by atoms with Crippen molar-refractivity contribution in [2.45, 2.75) is 30.4 Å². The molecule has 1 aliphatic heterocycles. The molecular formula is C13H18F2N2O3S. The number of aliphatic hydroxyl groups excluding tert-OH is 1. The first-order valence-corrected chi connectivity index (χ1v) is 8.11. The number of halogens is 2. The van der Waals surface area contributed by atoms with Crippen LogP contribution >= 0.6 is 0 Å². The van der Waals surface area contributed by atoms with Gasteiger partial charge in [-0.2, -0.15) is 0 Å². The molecule has 0 amide bonds. The second-order valence-corrected chi connectivity index (χ2v) is 6.93. The Balaban J connectivity index is 2.25. The molecule has 2 rings (SSSR count). The van der Waals surface area contributed by atoms with Gasteiger partial charge < -0.3 is 10.0 Å². The molecule has 0 aliphatic carbocycles. The highest BCUT2D eigenvalue weighted by atomic mass is 32.2. The smallest absolute Gasteiger partial charge is 0.243 e. The molecule has 1 aromatic rings. The van der Waals surface area contributed by atoms with Crippen molar-refractivity contribution in [2.24, 2.45) is 0 Å². The van der Waals surface area contributed by atoms with Crippen molar-refractivity contribution < 1.29 is 22.3 Å². The van der Waals surface area contributed by atoms with E-state index >= 15 is 0 Å². The van der Waals surface area contributed by atoms with Gasteiger partial charge in [0.15, 0.2) is 11.6 Å². The second kappa shape index (κ2) is 6.35. The minimum Gasteiger partial charge on any atom is -0.392 e. The normalized spacial score (nSPS) is 18.1. The van der Waals surface area contributed by atoms with E-state index in [1.807, 2.05) is 7.05 Å². The zero-order chi connectivity index (χ0) is 15.6. The van der Waals surface area contributed by atoms with Crippen molar-refractivity contribution in [2.75, 3.05) is 20.1 Å². The molecule has 118 valence electrons. The van der Waals surface area contributed by atoms with Gasteiger partial charge >= 0.3 is 0 Å². The maximum Gasteiger partial charge on any atom is 0.243 e. The fourth-order valence-electron chi connectivity index (χ4n) is 2.31. The molecule has 5 nitrogen and oxygen atoms in total. The van der Waals surface area contributed by atoms with E-state index in [1.54, 1.807) is 0 Å². The molecule has 2 N–H and O–H groups in total. The van der Waals surface area contributed by atoms with Crippen LogP contribution in [0.5, 0.6) is 0 Å². The number of likely N-dealkylation sites (tertiary alicyclic amines) is 1. The molecule has 0 unspecified atom stereocenters. The van der Waals surface area contributed by atoms with Gasteiger partial charge in [-0.05, 0) is 50.7 Å². The number of nitrogens with one attached hydrogen (secondary N) is 1. The van der Waals surface area contributed by atoms with Gasteiger partial charge in [0.1, 0.15) is 4.90 Å². The maximum atomic E-state index is 13.7. The Morgan fingerprint density at radius 1 is 1.33 bits per heavy atom. The summed E-state index contributed by atoms with van der Waals surface area (Å²) in [6.45, 7) is 0.912. The van der Waals surface area contributed by atoms with Gasteiger partial charge in [0.2, 0.25) is 10.0 Å². The van der Waals surface area contributed by atoms with Crippen LogP contribution in [0.15, 0.2) is 17.0 Å². The lowest BCUT2D eigenvalue weighted by atomic mass is 10.1. The Kier molecular flexibility index (Phi) is 4.92. The number of piperidine rings is 1. The number of benzene rings is 1. The average molecular weight is 320 g/mol. The zero-order valence-corrected chi connectivity index (χ0v) is 12.5. The van der Waals surface area contributed by atoms with Crippen molar-refractivity contribution in [3.63, 3.8) is 0 Å². The predicted octanol–water partition coefficient (Wildman–Crippen LogP) is 0.830. The van der Waals surface area contributed by atoms with Crippen LogP contribution < -0.4 is 4.72 Å². The SMILES string of the molecule is CN1CCC(NS(=O)(=O)c2cc(CO)cc(F)c2F)CC1. The van der Waals surface area contributed by atoms with E-state index in [4.69, 9.17) is 5.11 Å². The highest BCUT2D eigenvalue weighted by Crippen LogP contribution is 2.21. The Bertz CT molecular complexity index is 614. The molecule has 1 aliphatic rings. The van der Waals surface area contributed by atoms with Crippen molar-refractivity contribution in [1.82, 2.24) is 9.62 Å². The monoisotopic (exact) mass is 320 g/mol. The molecule has 8 heteroatoms. The van der Waals surface area contributed by atoms with Gasteiger partial charge in [-0.25, -0.2) is 21.9 Å². The van der Waals surface area contributed by atoms with Crippen LogP contribution in [-0.4, -0.2) is 44.6 Å². The van der Waals surface area contributed by atoms with Crippen molar-refractivity contribution in [3.05, 3.63) is 29.3 Å². The van der Waals surface area contributed by atoms with Crippen LogP contribution in [0.1, 0.15) is 18.4 Å². The summed E-state index contributed by atoms with van der Waals surface area (Å²) >= 11 is 0. The molecule has 0 atom stereocenters. The van der Waals surface area contributed by atoms with Crippen LogP contribution in [0.4, 0.5) is 8.78 Å². The second-order valence-electron chi connectivity index (χ2n) is 5.25. The van der Waals surface area contributed by atoms with E-state index in [2.05, 4.69) is 9.62 Å². The summed E-state index contributed by atoms with van der Waals surface area (Å²) in [5.41, 5.74) is 0.0117. The van der Waals surface area contributed by atoms with E-state index in [1.165, 1.54) is 0 Å². The zero-order valence-electron chi connectivity index (χ0n) is 11.6. The van der Waals surface area contributed by atoms with Crippen LogP contribution in [-0.2, 0) is 16.6 Å². The van der Waals surface area contributed by atoms with Crippen LogP contribution in [0.2, 0.25) is 0 Å². The standard InChI is InChI=1S/C13H18F2N2O3S/c1-17-4-2-10(3-5-17)16-21(19,20)12-7-9(8-18)6-11(14)13(12)15/h6-7,10,16,18H,2-5,8H2,1H3. The third-order valence-electron chi connectivity index (χ3n) is 3.57. The van der Waals surface area contributed by atoms with Gasteiger partial charge in [0.25, 0.3) is 0 Å². The van der Waals surface area contributed by atoms with Crippen molar-refractivity contribution in [3.8, 4) is 0 Å². The topological polar surface area (TPSA) is 69.6 Å². The minimum absolute atomic E-state index is 0.0117. The van der Waals surface area contributed by atoms with Gasteiger partial charge in [0, 0.05) is 6.04 Å². The average Bonchev–Trinajstić information content (AvgIpc) is 2.43. The summed E-state index contributed by atoms with van der Waals surface area (Å²) < 4.78 is 54.0. The molecule has 1 aromatic carbocycles. The lowest BCUT2D eigenvalue weighted by molar-refractivity contribution is 0.248. The molecule has 1 saturated heterocycles. The molecule has 0 aromatic heterocycles. The molecule has 0 bridgehead atoms. The predicted molar refractivity (Wildman–Crippen MR) is 73.1 cm³/mol. The van der Waals surface area contributed by atoms with Crippen LogP contribution in [0.3, 0.4) is 0 Å². The first kappa shape index (κ1) is 16.3. The van der Waals surface area contributed by atoms with Crippen molar-refractivity contribution in [1.29, 1.82) is 0 Å². The summed E-state index contributed by atoms with van der Waals surface area (Å²) in [5, 5.41) is 8.98. The summed E-state index contributed by atoms with van der Waals surface area (Å²) in [7, 11) is -2.22. The summed E-state index contributed by atoms with van der Waals surface area (Å²) in [6, 6.07) is 1.44. The number of rotatable bonds is 4. The van der Waals surface area contributed by atoms with E-state index in [0.717, 1.165) is 25.2 Å². The molecule has 0 radical (unpaired) electrons. The Hall–Kier alpha value is -1.09. The summed E-state index contributed by atoms with van der Waals surface area (Å²) in [5.74, 6) is -2.71. The van der Waals surface area contributed by atoms with E-state index < -0.39 is 33.2 Å². The molecule has 1 fully saturated rings. The van der Waals surface area contributed by atoms with Gasteiger partial charge in [-0.1, -0.05) is 0 Å². The molecule has 1 heterocycles. The maximum absolute atomic E-state index is 13.7. The first-order valence-electron chi connectivity index (χ1n) is 6.63. The van der Waals surface area contributed by atoms with E-state index in [0.29, 0.717) is 12.8 Å². The first-order chi connectivity index (χ1) is 9.83. The lowest BCUT2D eigenvalue weighted by Crippen LogP contribution is -2.43. The Morgan fingerprint density at radius 2 is 1.95 bits per heavy atom. The van der Waals surface area contributed by atoms with Gasteiger partial charge in [-0.3, -0.25) is 0 Å². The van der Waals surface area contributed by atoms with Crippen LogP contribution in [0, 0.1) is 11.6 Å². The third kappa shape index (κ3) is 3.76. The van der Waals surface area contributed by atoms with E-state index in [-0.39, 0.29) is 11.6 Å². The Labute approximate surface area is 122 Å². The molecule has 21 heavy (non-hydrogen) atoms. The number of nitrogens with zero attached hydrogens (tertiary/aromatic N) is 1. The fourth-order valence-corrected chi connectivity index (χ4v) is 3.75. The minimum atomic E-state index is -4.16. The molecule has 0 spiro atoms. The number of hydrogen-bond donors (Lipinski definition) is 2. The largest absolute Gasteiger partial charge is 0.392 e. The van der Waals surface area contributed by atoms with Crippen LogP contribution in [0.25, 0.3) is 0 Å². The van der Waals surface area contributed by atoms with Gasteiger partial charge in [0.05, 0.1) is 6.61 Å². The van der Waals surface area contributed by atoms with Gasteiger partial charge in [-0.15, -0.1) is 0 Å². The number of sulfonamides is 1. The van der Waals surface area contributed by atoms with E-state index in [9.17, 15) is 17.2 Å². The third-order valence-corrected chi connectivity index (χ3v) is 5.09. The molecular weight excluding hydrogens is 302 g/mol. The lowest BCUT2D eigenvalue weighted by Gasteiger charge is -2.29. The number of hydrogen-bond acceptors (Lipinski definition) is 4. The summed E-state index contributed by atoms with van der Waals surface area (Å²) in [6.07, 6.45) is 1.22.